The topological polar surface area (TPSA) is 76.0 Å². The number of anilines is 1. The summed E-state index contributed by atoms with van der Waals surface area (Å²) < 4.78 is 13.7. The number of hydrogen-bond acceptors (Lipinski definition) is 5. The second-order valence-corrected chi connectivity index (χ2v) is 12.3. The predicted octanol–water partition coefficient (Wildman–Crippen LogP) is 6.64. The van der Waals surface area contributed by atoms with Crippen molar-refractivity contribution >= 4 is 29.1 Å². The van der Waals surface area contributed by atoms with Crippen LogP contribution in [0.4, 0.5) is 5.69 Å². The zero-order chi connectivity index (χ0) is 31.7. The Kier molecular flexibility index (Phi) is 8.62. The second-order valence-electron chi connectivity index (χ2n) is 11.9. The monoisotopic (exact) mass is 626 g/mol. The number of benzene rings is 3. The van der Waals surface area contributed by atoms with Gasteiger partial charge >= 0.3 is 0 Å². The van der Waals surface area contributed by atoms with Gasteiger partial charge in [0.1, 0.15) is 17.2 Å². The molecule has 0 spiro atoms. The minimum atomic E-state index is -0.243. The van der Waals surface area contributed by atoms with Gasteiger partial charge in [0.15, 0.2) is 0 Å². The lowest BCUT2D eigenvalue weighted by Crippen LogP contribution is -2.53. The molecule has 1 saturated heterocycles. The van der Waals surface area contributed by atoms with Gasteiger partial charge in [-0.25, -0.2) is 0 Å². The van der Waals surface area contributed by atoms with Gasteiger partial charge in [-0.05, 0) is 81.7 Å². The average molecular weight is 627 g/mol. The highest BCUT2D eigenvalue weighted by Gasteiger charge is 2.36. The van der Waals surface area contributed by atoms with Gasteiger partial charge < -0.3 is 29.2 Å². The zero-order valence-corrected chi connectivity index (χ0v) is 27.0. The number of carbonyl (C=O) groups is 2. The molecule has 0 unspecified atom stereocenters. The third kappa shape index (κ3) is 5.69. The average Bonchev–Trinajstić information content (AvgIpc) is 3.37. The van der Waals surface area contributed by atoms with E-state index >= 15 is 0 Å². The van der Waals surface area contributed by atoms with E-state index in [1.807, 2.05) is 84.1 Å². The van der Waals surface area contributed by atoms with Crippen LogP contribution in [0.15, 0.2) is 72.8 Å². The Morgan fingerprint density at radius 3 is 2.44 bits per heavy atom. The number of piperidine rings is 1. The largest absolute Gasteiger partial charge is 0.496 e. The minimum absolute atomic E-state index is 0.0146. The molecule has 3 aromatic carbocycles. The van der Waals surface area contributed by atoms with Crippen LogP contribution in [0.5, 0.6) is 11.5 Å². The van der Waals surface area contributed by atoms with Gasteiger partial charge in [0.05, 0.1) is 32.4 Å². The number of ether oxygens (including phenoxy) is 2. The van der Waals surface area contributed by atoms with Crippen molar-refractivity contribution in [2.75, 3.05) is 38.8 Å². The molecular formula is C36H39ClN4O4. The number of methoxy groups -OCH3 is 1. The highest BCUT2D eigenvalue weighted by atomic mass is 35.5. The number of para-hydroxylation sites is 2. The fraction of sp³-hybridized carbons (Fsp3) is 0.333. The fourth-order valence-corrected chi connectivity index (χ4v) is 6.72. The van der Waals surface area contributed by atoms with E-state index in [2.05, 4.69) is 12.2 Å². The summed E-state index contributed by atoms with van der Waals surface area (Å²) in [4.78, 5) is 32.0. The van der Waals surface area contributed by atoms with E-state index in [1.165, 1.54) is 0 Å². The molecule has 2 aliphatic rings. The number of aromatic nitrogens is 1. The molecule has 0 aliphatic carbocycles. The van der Waals surface area contributed by atoms with E-state index < -0.39 is 0 Å². The summed E-state index contributed by atoms with van der Waals surface area (Å²) in [5, 5.41) is 3.81. The number of amides is 2. The molecule has 1 aromatic heterocycles. The van der Waals surface area contributed by atoms with Crippen LogP contribution in [0.25, 0.3) is 11.1 Å². The van der Waals surface area contributed by atoms with Crippen LogP contribution in [0.1, 0.15) is 58.8 Å². The number of carbonyl (C=O) groups excluding carboxylic acids is 2. The number of halogens is 1. The van der Waals surface area contributed by atoms with Gasteiger partial charge in [-0.1, -0.05) is 48.0 Å². The third-order valence-corrected chi connectivity index (χ3v) is 9.57. The van der Waals surface area contributed by atoms with Crippen molar-refractivity contribution in [2.45, 2.75) is 45.3 Å². The molecule has 1 fully saturated rings. The van der Waals surface area contributed by atoms with Crippen LogP contribution in [-0.2, 0) is 13.1 Å². The van der Waals surface area contributed by atoms with E-state index in [1.54, 1.807) is 24.1 Å². The van der Waals surface area contributed by atoms with Crippen molar-refractivity contribution in [1.82, 2.24) is 14.8 Å². The highest BCUT2D eigenvalue weighted by molar-refractivity contribution is 6.34. The molecule has 1 N–H and O–H groups in total. The maximum Gasteiger partial charge on any atom is 0.270 e. The quantitative estimate of drug-likeness (QED) is 0.249. The summed E-state index contributed by atoms with van der Waals surface area (Å²) in [7, 11) is 3.46. The number of rotatable bonds is 7. The Morgan fingerprint density at radius 2 is 1.69 bits per heavy atom. The molecule has 45 heavy (non-hydrogen) atoms. The Hall–Kier alpha value is -4.27. The summed E-state index contributed by atoms with van der Waals surface area (Å²) >= 11 is 6.87. The predicted molar refractivity (Wildman–Crippen MR) is 178 cm³/mol. The first-order valence-corrected chi connectivity index (χ1v) is 15.8. The maximum absolute atomic E-state index is 14.4. The van der Waals surface area contributed by atoms with Crippen molar-refractivity contribution in [1.29, 1.82) is 0 Å². The van der Waals surface area contributed by atoms with Gasteiger partial charge in [0.25, 0.3) is 11.8 Å². The first-order valence-electron chi connectivity index (χ1n) is 15.4. The number of nitrogens with zero attached hydrogens (tertiary/aromatic N) is 3. The molecule has 8 nitrogen and oxygen atoms in total. The van der Waals surface area contributed by atoms with Crippen LogP contribution in [0.2, 0.25) is 5.02 Å². The Labute approximate surface area is 269 Å². The van der Waals surface area contributed by atoms with Gasteiger partial charge in [-0.3, -0.25) is 9.59 Å². The molecule has 6 rings (SSSR count). The van der Waals surface area contributed by atoms with Crippen molar-refractivity contribution < 1.29 is 19.1 Å². The van der Waals surface area contributed by atoms with Crippen molar-refractivity contribution in [2.24, 2.45) is 0 Å². The summed E-state index contributed by atoms with van der Waals surface area (Å²) in [5.41, 5.74) is 4.89. The van der Waals surface area contributed by atoms with Crippen LogP contribution in [-0.4, -0.2) is 60.7 Å². The number of nitrogens with one attached hydrogen (secondary N) is 1. The van der Waals surface area contributed by atoms with Crippen LogP contribution < -0.4 is 19.7 Å². The van der Waals surface area contributed by atoms with Gasteiger partial charge in [0, 0.05) is 40.1 Å². The van der Waals surface area contributed by atoms with E-state index in [9.17, 15) is 9.59 Å². The lowest BCUT2D eigenvalue weighted by atomic mass is 9.88. The fourth-order valence-electron chi connectivity index (χ4n) is 6.46. The van der Waals surface area contributed by atoms with E-state index in [4.69, 9.17) is 21.1 Å². The van der Waals surface area contributed by atoms with E-state index in [0.29, 0.717) is 46.5 Å². The SMILES string of the molecule is CCOc1ccccc1-c1cc(OC)c(C(=O)N2Cc3ccc(C(=O)N(C)C4(C)CCNCC4)n3Cc3ccccc32)cc1Cl. The first kappa shape index (κ1) is 30.7. The Balaban J connectivity index is 1.37. The molecule has 4 aromatic rings. The molecular weight excluding hydrogens is 588 g/mol. The van der Waals surface area contributed by atoms with E-state index in [-0.39, 0.29) is 23.9 Å². The molecule has 2 amide bonds. The normalized spacial score (nSPS) is 15.4. The second kappa shape index (κ2) is 12.6. The minimum Gasteiger partial charge on any atom is -0.496 e. The summed E-state index contributed by atoms with van der Waals surface area (Å²) in [6.07, 6.45) is 1.79. The highest BCUT2D eigenvalue weighted by Crippen LogP contribution is 2.40. The molecule has 0 radical (unpaired) electrons. The van der Waals surface area contributed by atoms with Crippen molar-refractivity contribution in [3.63, 3.8) is 0 Å². The number of hydrogen-bond donors (Lipinski definition) is 1. The molecule has 0 bridgehead atoms. The lowest BCUT2D eigenvalue weighted by molar-refractivity contribution is 0.0509. The molecule has 3 heterocycles. The van der Waals surface area contributed by atoms with Crippen LogP contribution >= 0.6 is 11.6 Å². The molecule has 234 valence electrons. The first-order chi connectivity index (χ1) is 21.8. The standard InChI is InChI=1S/C36H39ClN4O4/c1-5-45-32-13-9-7-11-26(32)27-21-33(44-4)28(20-29(27)37)34(42)41-23-25-14-15-31(40(25)22-24-10-6-8-12-30(24)41)35(43)39(3)36(2)16-18-38-19-17-36/h6-15,20-21,38H,5,16-19,22-23H2,1-4H3. The zero-order valence-electron chi connectivity index (χ0n) is 26.2. The third-order valence-electron chi connectivity index (χ3n) is 9.26. The van der Waals surface area contributed by atoms with E-state index in [0.717, 1.165) is 48.4 Å². The van der Waals surface area contributed by atoms with Crippen molar-refractivity contribution in [3.05, 3.63) is 100 Å². The summed E-state index contributed by atoms with van der Waals surface area (Å²) in [6, 6.07) is 22.8. The summed E-state index contributed by atoms with van der Waals surface area (Å²) in [6.45, 7) is 7.13. The Morgan fingerprint density at radius 1 is 0.956 bits per heavy atom. The maximum atomic E-state index is 14.4. The lowest BCUT2D eigenvalue weighted by Gasteiger charge is -2.42. The van der Waals surface area contributed by atoms with Crippen LogP contribution in [0, 0.1) is 0 Å². The van der Waals surface area contributed by atoms with Gasteiger partial charge in [-0.2, -0.15) is 0 Å². The summed E-state index contributed by atoms with van der Waals surface area (Å²) in [5.74, 6) is 0.859. The van der Waals surface area contributed by atoms with Crippen LogP contribution in [0.3, 0.4) is 0 Å². The Bertz CT molecular complexity index is 1740. The molecule has 2 aliphatic heterocycles. The van der Waals surface area contributed by atoms with Gasteiger partial charge in [-0.15, -0.1) is 0 Å². The molecule has 0 atom stereocenters. The van der Waals surface area contributed by atoms with Crippen molar-refractivity contribution in [3.8, 4) is 22.6 Å². The molecule has 0 saturated carbocycles. The van der Waals surface area contributed by atoms with Gasteiger partial charge in [0.2, 0.25) is 0 Å². The molecule has 9 heteroatoms. The number of fused-ring (bicyclic) bond motifs is 2. The smallest absolute Gasteiger partial charge is 0.270 e.